The second-order valence-corrected chi connectivity index (χ2v) is 5.61. The van der Waals surface area contributed by atoms with Crippen molar-refractivity contribution in [2.24, 2.45) is 0 Å². The maximum absolute atomic E-state index is 12.5. The van der Waals surface area contributed by atoms with Gasteiger partial charge in [-0.3, -0.25) is 9.69 Å². The molecule has 3 rings (SSSR count). The number of nitrogens with one attached hydrogen (secondary N) is 1. The van der Waals surface area contributed by atoms with Gasteiger partial charge in [0.05, 0.1) is 13.7 Å². The first-order valence-electron chi connectivity index (χ1n) is 7.61. The molecule has 3 amide bonds. The van der Waals surface area contributed by atoms with E-state index in [1.54, 1.807) is 19.3 Å². The SMILES string of the molecule is COc1ccccc1/C=C1/NC(=O)N(Cc2cccc(C)c2)C1=O. The van der Waals surface area contributed by atoms with Gasteiger partial charge >= 0.3 is 6.03 Å². The molecule has 1 fully saturated rings. The van der Waals surface area contributed by atoms with E-state index in [0.29, 0.717) is 5.75 Å². The van der Waals surface area contributed by atoms with E-state index in [9.17, 15) is 9.59 Å². The van der Waals surface area contributed by atoms with E-state index in [-0.39, 0.29) is 18.1 Å². The van der Waals surface area contributed by atoms with Crippen LogP contribution in [0.1, 0.15) is 16.7 Å². The highest BCUT2D eigenvalue weighted by molar-refractivity contribution is 6.14. The number of hydrogen-bond donors (Lipinski definition) is 1. The standard InChI is InChI=1S/C19H18N2O3/c1-13-6-5-7-14(10-13)12-21-18(22)16(20-19(21)23)11-15-8-3-4-9-17(15)24-2/h3-11H,12H2,1-2H3,(H,20,23)/b16-11+. The van der Waals surface area contributed by atoms with E-state index in [1.807, 2.05) is 49.4 Å². The molecule has 1 saturated heterocycles. The molecule has 1 N–H and O–H groups in total. The molecule has 0 aliphatic carbocycles. The third-order valence-electron chi connectivity index (χ3n) is 3.82. The fourth-order valence-electron chi connectivity index (χ4n) is 2.65. The maximum Gasteiger partial charge on any atom is 0.329 e. The lowest BCUT2D eigenvalue weighted by atomic mass is 10.1. The number of urea groups is 1. The van der Waals surface area contributed by atoms with Crippen LogP contribution < -0.4 is 10.1 Å². The Bertz CT molecular complexity index is 827. The minimum Gasteiger partial charge on any atom is -0.496 e. The van der Waals surface area contributed by atoms with Crippen LogP contribution in [0.3, 0.4) is 0 Å². The van der Waals surface area contributed by atoms with Gasteiger partial charge in [-0.2, -0.15) is 0 Å². The van der Waals surface area contributed by atoms with Crippen molar-refractivity contribution in [1.82, 2.24) is 10.2 Å². The number of carbonyl (C=O) groups excluding carboxylic acids is 2. The topological polar surface area (TPSA) is 58.6 Å². The molecule has 122 valence electrons. The van der Waals surface area contributed by atoms with E-state index in [0.717, 1.165) is 16.7 Å². The number of rotatable bonds is 4. The van der Waals surface area contributed by atoms with Crippen molar-refractivity contribution in [2.75, 3.05) is 7.11 Å². The van der Waals surface area contributed by atoms with Gasteiger partial charge in [0.1, 0.15) is 11.4 Å². The molecular formula is C19H18N2O3. The average Bonchev–Trinajstić information content (AvgIpc) is 2.83. The van der Waals surface area contributed by atoms with Gasteiger partial charge in [0.15, 0.2) is 0 Å². The zero-order chi connectivity index (χ0) is 17.1. The molecular weight excluding hydrogens is 304 g/mol. The first kappa shape index (κ1) is 15.8. The summed E-state index contributed by atoms with van der Waals surface area (Å²) in [6, 6.07) is 14.7. The molecule has 0 aromatic heterocycles. The van der Waals surface area contributed by atoms with Crippen LogP contribution in [0.15, 0.2) is 54.2 Å². The number of amides is 3. The van der Waals surface area contributed by atoms with Gasteiger partial charge in [-0.25, -0.2) is 4.79 Å². The number of methoxy groups -OCH3 is 1. The number of nitrogens with zero attached hydrogens (tertiary/aromatic N) is 1. The number of ether oxygens (including phenoxy) is 1. The van der Waals surface area contributed by atoms with Crippen molar-refractivity contribution in [1.29, 1.82) is 0 Å². The molecule has 5 heteroatoms. The number of imide groups is 1. The molecule has 0 atom stereocenters. The number of carbonyl (C=O) groups is 2. The van der Waals surface area contributed by atoms with Gasteiger partial charge in [-0.15, -0.1) is 0 Å². The van der Waals surface area contributed by atoms with Crippen LogP contribution >= 0.6 is 0 Å². The van der Waals surface area contributed by atoms with Gasteiger partial charge in [-0.05, 0) is 24.6 Å². The van der Waals surface area contributed by atoms with Crippen LogP contribution in [0, 0.1) is 6.92 Å². The summed E-state index contributed by atoms with van der Waals surface area (Å²) in [5.41, 5.74) is 2.99. The zero-order valence-corrected chi connectivity index (χ0v) is 13.6. The molecule has 0 unspecified atom stereocenters. The summed E-state index contributed by atoms with van der Waals surface area (Å²) >= 11 is 0. The summed E-state index contributed by atoms with van der Waals surface area (Å²) in [7, 11) is 1.57. The fourth-order valence-corrected chi connectivity index (χ4v) is 2.65. The quantitative estimate of drug-likeness (QED) is 0.695. The Morgan fingerprint density at radius 3 is 2.67 bits per heavy atom. The molecule has 0 saturated carbocycles. The number of benzene rings is 2. The molecule has 0 radical (unpaired) electrons. The van der Waals surface area contributed by atoms with Crippen LogP contribution in [-0.2, 0) is 11.3 Å². The van der Waals surface area contributed by atoms with E-state index in [2.05, 4.69) is 5.32 Å². The van der Waals surface area contributed by atoms with E-state index in [4.69, 9.17) is 4.74 Å². The van der Waals surface area contributed by atoms with Crippen LogP contribution in [0.25, 0.3) is 6.08 Å². The minimum atomic E-state index is -0.414. The van der Waals surface area contributed by atoms with Gasteiger partial charge in [0.2, 0.25) is 0 Å². The molecule has 5 nitrogen and oxygen atoms in total. The lowest BCUT2D eigenvalue weighted by molar-refractivity contribution is -0.123. The van der Waals surface area contributed by atoms with E-state index in [1.165, 1.54) is 4.90 Å². The number of aryl methyl sites for hydroxylation is 1. The molecule has 0 bridgehead atoms. The molecule has 1 aliphatic rings. The lowest BCUT2D eigenvalue weighted by Gasteiger charge is -2.12. The van der Waals surface area contributed by atoms with Crippen molar-refractivity contribution >= 4 is 18.0 Å². The summed E-state index contributed by atoms with van der Waals surface area (Å²) < 4.78 is 5.27. The molecule has 1 heterocycles. The van der Waals surface area contributed by atoms with Crippen molar-refractivity contribution in [2.45, 2.75) is 13.5 Å². The zero-order valence-electron chi connectivity index (χ0n) is 13.6. The van der Waals surface area contributed by atoms with Crippen molar-refractivity contribution in [3.8, 4) is 5.75 Å². The fraction of sp³-hybridized carbons (Fsp3) is 0.158. The third-order valence-corrected chi connectivity index (χ3v) is 3.82. The average molecular weight is 322 g/mol. The molecule has 2 aromatic rings. The lowest BCUT2D eigenvalue weighted by Crippen LogP contribution is -2.30. The predicted octanol–water partition coefficient (Wildman–Crippen LogP) is 3.10. The first-order valence-corrected chi connectivity index (χ1v) is 7.61. The Hall–Kier alpha value is -3.08. The van der Waals surface area contributed by atoms with Crippen molar-refractivity contribution in [3.05, 3.63) is 70.9 Å². The Morgan fingerprint density at radius 2 is 1.92 bits per heavy atom. The second kappa shape index (κ2) is 6.58. The van der Waals surface area contributed by atoms with Gasteiger partial charge < -0.3 is 10.1 Å². The van der Waals surface area contributed by atoms with Gasteiger partial charge in [-0.1, -0.05) is 48.0 Å². The van der Waals surface area contributed by atoms with E-state index >= 15 is 0 Å². The highest BCUT2D eigenvalue weighted by Gasteiger charge is 2.33. The molecule has 24 heavy (non-hydrogen) atoms. The van der Waals surface area contributed by atoms with Crippen molar-refractivity contribution in [3.63, 3.8) is 0 Å². The van der Waals surface area contributed by atoms with Gasteiger partial charge in [0, 0.05) is 5.56 Å². The Morgan fingerprint density at radius 1 is 1.12 bits per heavy atom. The first-order chi connectivity index (χ1) is 11.6. The maximum atomic E-state index is 12.5. The smallest absolute Gasteiger partial charge is 0.329 e. The van der Waals surface area contributed by atoms with Crippen LogP contribution in [0.4, 0.5) is 4.79 Å². The van der Waals surface area contributed by atoms with Crippen molar-refractivity contribution < 1.29 is 14.3 Å². The predicted molar refractivity (Wildman–Crippen MR) is 91.2 cm³/mol. The number of hydrogen-bond acceptors (Lipinski definition) is 3. The molecule has 0 spiro atoms. The summed E-state index contributed by atoms with van der Waals surface area (Å²) in [6.07, 6.45) is 1.63. The highest BCUT2D eigenvalue weighted by Crippen LogP contribution is 2.23. The molecule has 1 aliphatic heterocycles. The number of para-hydroxylation sites is 1. The Labute approximate surface area is 140 Å². The largest absolute Gasteiger partial charge is 0.496 e. The normalized spacial score (nSPS) is 15.8. The van der Waals surface area contributed by atoms with Crippen LogP contribution in [-0.4, -0.2) is 23.9 Å². The monoisotopic (exact) mass is 322 g/mol. The van der Waals surface area contributed by atoms with E-state index < -0.39 is 6.03 Å². The van der Waals surface area contributed by atoms with Crippen LogP contribution in [0.5, 0.6) is 5.75 Å². The van der Waals surface area contributed by atoms with Crippen LogP contribution in [0.2, 0.25) is 0 Å². The summed E-state index contributed by atoms with van der Waals surface area (Å²) in [6.45, 7) is 2.22. The summed E-state index contributed by atoms with van der Waals surface area (Å²) in [5.74, 6) is 0.302. The third kappa shape index (κ3) is 3.15. The minimum absolute atomic E-state index is 0.246. The highest BCUT2D eigenvalue weighted by atomic mass is 16.5. The Balaban J connectivity index is 1.85. The molecule has 2 aromatic carbocycles. The van der Waals surface area contributed by atoms with Gasteiger partial charge in [0.25, 0.3) is 5.91 Å². The Kier molecular flexibility index (Phi) is 4.33. The summed E-state index contributed by atoms with van der Waals surface area (Å²) in [4.78, 5) is 25.9. The summed E-state index contributed by atoms with van der Waals surface area (Å²) in [5, 5.41) is 2.63. The second-order valence-electron chi connectivity index (χ2n) is 5.61.